The number of benzene rings is 1. The first-order valence-corrected chi connectivity index (χ1v) is 10.7. The first kappa shape index (κ1) is 21.6. The van der Waals surface area contributed by atoms with Crippen molar-refractivity contribution in [1.82, 2.24) is 4.90 Å². The number of ether oxygens (including phenoxy) is 1. The van der Waals surface area contributed by atoms with Crippen molar-refractivity contribution in [2.24, 2.45) is 17.8 Å². The van der Waals surface area contributed by atoms with Crippen LogP contribution in [-0.4, -0.2) is 42.4 Å². The molecule has 6 nitrogen and oxygen atoms in total. The number of anilines is 1. The van der Waals surface area contributed by atoms with Gasteiger partial charge in [0.1, 0.15) is 0 Å². The molecule has 1 aromatic rings. The molecule has 2 amide bonds. The number of fused-ring (bicyclic) bond motifs is 2. The Labute approximate surface area is 176 Å². The summed E-state index contributed by atoms with van der Waals surface area (Å²) in [4.78, 5) is 38.2. The zero-order valence-electron chi connectivity index (χ0n) is 17.1. The van der Waals surface area contributed by atoms with Gasteiger partial charge in [0.15, 0.2) is 6.61 Å². The molecule has 2 fully saturated rings. The number of nitrogens with one attached hydrogen (secondary N) is 1. The lowest BCUT2D eigenvalue weighted by molar-refractivity contribution is -0.153. The number of esters is 1. The lowest BCUT2D eigenvalue weighted by Gasteiger charge is -2.22. The summed E-state index contributed by atoms with van der Waals surface area (Å²) in [5, 5.41) is 3.30. The fourth-order valence-corrected chi connectivity index (χ4v) is 4.77. The summed E-state index contributed by atoms with van der Waals surface area (Å²) in [6.45, 7) is 3.57. The van der Waals surface area contributed by atoms with Crippen LogP contribution in [0.2, 0.25) is 5.02 Å². The maximum Gasteiger partial charge on any atom is 0.306 e. The second-order valence-corrected chi connectivity index (χ2v) is 8.65. The molecule has 0 saturated heterocycles. The van der Waals surface area contributed by atoms with Crippen molar-refractivity contribution in [3.63, 3.8) is 0 Å². The Balaban J connectivity index is 1.43. The minimum Gasteiger partial charge on any atom is -0.456 e. The van der Waals surface area contributed by atoms with Crippen LogP contribution >= 0.6 is 11.6 Å². The van der Waals surface area contributed by atoms with Crippen molar-refractivity contribution >= 4 is 35.1 Å². The van der Waals surface area contributed by atoms with Gasteiger partial charge < -0.3 is 15.0 Å². The van der Waals surface area contributed by atoms with Crippen molar-refractivity contribution < 1.29 is 19.1 Å². The number of hydrogen-bond acceptors (Lipinski definition) is 4. The minimum absolute atomic E-state index is 0.106. The topological polar surface area (TPSA) is 75.7 Å². The number of rotatable bonds is 8. The summed E-state index contributed by atoms with van der Waals surface area (Å²) in [6.07, 6.45) is 5.25. The molecule has 1 aromatic carbocycles. The molecule has 0 unspecified atom stereocenters. The van der Waals surface area contributed by atoms with Crippen LogP contribution in [0.25, 0.3) is 0 Å². The van der Waals surface area contributed by atoms with Crippen LogP contribution in [0.3, 0.4) is 0 Å². The molecule has 0 aliphatic heterocycles. The van der Waals surface area contributed by atoms with Gasteiger partial charge in [-0.2, -0.15) is 0 Å². The summed E-state index contributed by atoms with van der Waals surface area (Å²) < 4.78 is 5.21. The second kappa shape index (κ2) is 9.61. The lowest BCUT2D eigenvalue weighted by Crippen LogP contribution is -2.40. The Morgan fingerprint density at radius 3 is 2.69 bits per heavy atom. The molecule has 0 radical (unpaired) electrons. The molecule has 3 rings (SSSR count). The molecule has 2 saturated carbocycles. The average molecular weight is 421 g/mol. The predicted octanol–water partition coefficient (Wildman–Crippen LogP) is 3.80. The maximum atomic E-state index is 12.4. The van der Waals surface area contributed by atoms with Crippen LogP contribution in [0.15, 0.2) is 18.2 Å². The Bertz CT molecular complexity index is 782. The van der Waals surface area contributed by atoms with Gasteiger partial charge in [0, 0.05) is 23.7 Å². The van der Waals surface area contributed by atoms with E-state index < -0.39 is 0 Å². The minimum atomic E-state index is -0.369. The number of amides is 2. The Kier molecular flexibility index (Phi) is 7.17. The molecule has 2 aliphatic carbocycles. The summed E-state index contributed by atoms with van der Waals surface area (Å²) in [7, 11) is 0. The Morgan fingerprint density at radius 2 is 2.03 bits per heavy atom. The number of aryl methyl sites for hydroxylation is 1. The highest BCUT2D eigenvalue weighted by Gasteiger charge is 2.40. The van der Waals surface area contributed by atoms with Gasteiger partial charge in [0.2, 0.25) is 5.91 Å². The molecule has 7 heteroatoms. The van der Waals surface area contributed by atoms with Gasteiger partial charge in [-0.25, -0.2) is 0 Å². The zero-order valence-corrected chi connectivity index (χ0v) is 17.8. The molecule has 3 atom stereocenters. The second-order valence-electron chi connectivity index (χ2n) is 8.22. The van der Waals surface area contributed by atoms with Gasteiger partial charge in [0.05, 0.1) is 6.54 Å². The summed E-state index contributed by atoms with van der Waals surface area (Å²) in [5.74, 6) is 0.827. The zero-order chi connectivity index (χ0) is 21.0. The SMILES string of the molecule is CCN(CC(=O)Nc1cc(Cl)ccc1C)C(=O)COC(=O)C[C@H]1C[C@@H]2CC[C@@H]1C2. The van der Waals surface area contributed by atoms with Gasteiger partial charge >= 0.3 is 5.97 Å². The third-order valence-corrected chi connectivity index (χ3v) is 6.45. The molecule has 2 bridgehead atoms. The van der Waals surface area contributed by atoms with E-state index in [0.29, 0.717) is 35.5 Å². The van der Waals surface area contributed by atoms with Crippen LogP contribution in [0.5, 0.6) is 0 Å². The average Bonchev–Trinajstić information content (AvgIpc) is 3.30. The molecule has 29 heavy (non-hydrogen) atoms. The van der Waals surface area contributed by atoms with Gasteiger partial charge in [0.25, 0.3) is 5.91 Å². The molecule has 0 aromatic heterocycles. The van der Waals surface area contributed by atoms with Gasteiger partial charge in [-0.1, -0.05) is 24.1 Å². The number of carbonyl (C=O) groups is 3. The Morgan fingerprint density at radius 1 is 1.24 bits per heavy atom. The smallest absolute Gasteiger partial charge is 0.306 e. The van der Waals surface area contributed by atoms with Gasteiger partial charge in [-0.15, -0.1) is 0 Å². The van der Waals surface area contributed by atoms with E-state index in [1.165, 1.54) is 24.2 Å². The maximum absolute atomic E-state index is 12.4. The largest absolute Gasteiger partial charge is 0.456 e. The monoisotopic (exact) mass is 420 g/mol. The van der Waals surface area contributed by atoms with Crippen LogP contribution in [0.1, 0.15) is 44.6 Å². The van der Waals surface area contributed by atoms with E-state index in [9.17, 15) is 14.4 Å². The number of nitrogens with zero attached hydrogens (tertiary/aromatic N) is 1. The highest BCUT2D eigenvalue weighted by molar-refractivity contribution is 6.31. The highest BCUT2D eigenvalue weighted by atomic mass is 35.5. The summed E-state index contributed by atoms with van der Waals surface area (Å²) >= 11 is 5.97. The lowest BCUT2D eigenvalue weighted by atomic mass is 9.86. The van der Waals surface area contributed by atoms with Crippen molar-refractivity contribution in [1.29, 1.82) is 0 Å². The normalized spacial score (nSPS) is 22.4. The predicted molar refractivity (Wildman–Crippen MR) is 112 cm³/mol. The van der Waals surface area contributed by atoms with E-state index in [4.69, 9.17) is 16.3 Å². The van der Waals surface area contributed by atoms with E-state index >= 15 is 0 Å². The molecular weight excluding hydrogens is 392 g/mol. The number of carbonyl (C=O) groups excluding carboxylic acids is 3. The first-order valence-electron chi connectivity index (χ1n) is 10.3. The van der Waals surface area contributed by atoms with Crippen molar-refractivity contribution in [2.45, 2.75) is 46.0 Å². The molecule has 0 heterocycles. The van der Waals surface area contributed by atoms with E-state index in [2.05, 4.69) is 5.32 Å². The fourth-order valence-electron chi connectivity index (χ4n) is 4.60. The molecule has 1 N–H and O–H groups in total. The van der Waals surface area contributed by atoms with Gasteiger partial charge in [-0.05, 0) is 68.6 Å². The molecule has 158 valence electrons. The fraction of sp³-hybridized carbons (Fsp3) is 0.591. The third-order valence-electron chi connectivity index (χ3n) is 6.21. The van der Waals surface area contributed by atoms with Crippen LogP contribution < -0.4 is 5.32 Å². The van der Waals surface area contributed by atoms with Crippen LogP contribution in [-0.2, 0) is 19.1 Å². The Hall–Kier alpha value is -2.08. The first-order chi connectivity index (χ1) is 13.9. The van der Waals surface area contributed by atoms with Crippen molar-refractivity contribution in [3.8, 4) is 0 Å². The standard InChI is InChI=1S/C22H29ClN2O4/c1-3-25(12-20(26)24-19-11-18(23)7-4-14(19)2)21(27)13-29-22(28)10-17-9-15-5-6-16(17)8-15/h4,7,11,15-17H,3,5-6,8-10,12-13H2,1-2H3,(H,24,26)/t15-,16-,17-/m1/s1. The molecule has 0 spiro atoms. The third kappa shape index (κ3) is 5.72. The van der Waals surface area contributed by atoms with Crippen molar-refractivity contribution in [3.05, 3.63) is 28.8 Å². The van der Waals surface area contributed by atoms with E-state index in [-0.39, 0.29) is 30.9 Å². The number of halogens is 1. The van der Waals surface area contributed by atoms with E-state index in [1.54, 1.807) is 19.1 Å². The molecule has 2 aliphatic rings. The van der Waals surface area contributed by atoms with E-state index in [1.807, 2.05) is 13.0 Å². The number of hydrogen-bond donors (Lipinski definition) is 1. The number of likely N-dealkylation sites (N-methyl/N-ethyl adjacent to an activating group) is 1. The van der Waals surface area contributed by atoms with Crippen LogP contribution in [0, 0.1) is 24.7 Å². The quantitative estimate of drug-likeness (QED) is 0.649. The summed E-state index contributed by atoms with van der Waals surface area (Å²) in [5.41, 5.74) is 1.50. The van der Waals surface area contributed by atoms with Crippen molar-refractivity contribution in [2.75, 3.05) is 25.0 Å². The van der Waals surface area contributed by atoms with E-state index in [0.717, 1.165) is 17.9 Å². The molecular formula is C22H29ClN2O4. The summed E-state index contributed by atoms with van der Waals surface area (Å²) in [6, 6.07) is 5.24. The van der Waals surface area contributed by atoms with Crippen LogP contribution in [0.4, 0.5) is 5.69 Å². The highest BCUT2D eigenvalue weighted by Crippen LogP contribution is 2.49. The van der Waals surface area contributed by atoms with Gasteiger partial charge in [-0.3, -0.25) is 14.4 Å².